The third-order valence-corrected chi connectivity index (χ3v) is 6.42. The number of alkyl halides is 3. The molecule has 162 valence electrons. The third kappa shape index (κ3) is 3.70. The maximum atomic E-state index is 13.1. The van der Waals surface area contributed by atoms with Crippen LogP contribution in [0.5, 0.6) is 0 Å². The minimum absolute atomic E-state index is 0.00901. The second-order valence-corrected chi connectivity index (χ2v) is 8.89. The number of aromatic nitrogens is 2. The lowest BCUT2D eigenvalue weighted by molar-refractivity contribution is -0.137. The van der Waals surface area contributed by atoms with E-state index in [0.717, 1.165) is 12.1 Å². The van der Waals surface area contributed by atoms with E-state index in [4.69, 9.17) is 0 Å². The third-order valence-electron chi connectivity index (χ3n) is 5.00. The van der Waals surface area contributed by atoms with Gasteiger partial charge in [0.25, 0.3) is 0 Å². The fourth-order valence-electron chi connectivity index (χ4n) is 3.54. The molecule has 1 N–H and O–H groups in total. The summed E-state index contributed by atoms with van der Waals surface area (Å²) < 4.78 is 67.3. The molecule has 7 nitrogen and oxygen atoms in total. The average molecular weight is 450 g/mol. The monoisotopic (exact) mass is 450 g/mol. The first-order valence-electron chi connectivity index (χ1n) is 9.12. The predicted molar refractivity (Wildman–Crippen MR) is 107 cm³/mol. The highest BCUT2D eigenvalue weighted by Crippen LogP contribution is 2.41. The average Bonchev–Trinajstić information content (AvgIpc) is 3.02. The number of aryl methyl sites for hydroxylation is 1. The zero-order chi connectivity index (χ0) is 22.6. The smallest absolute Gasteiger partial charge is 0.280 e. The molecule has 0 saturated heterocycles. The number of carbonyl (C=O) groups excluding carboxylic acids is 1. The lowest BCUT2D eigenvalue weighted by Crippen LogP contribution is -2.27. The summed E-state index contributed by atoms with van der Waals surface area (Å²) in [7, 11) is -0.795. The number of sulfonamides is 1. The van der Waals surface area contributed by atoms with Crippen molar-refractivity contribution in [2.75, 3.05) is 11.9 Å². The highest BCUT2D eigenvalue weighted by molar-refractivity contribution is 7.89. The van der Waals surface area contributed by atoms with Crippen molar-refractivity contribution in [2.24, 2.45) is 7.05 Å². The van der Waals surface area contributed by atoms with Crippen LogP contribution in [0.15, 0.2) is 53.6 Å². The Bertz CT molecular complexity index is 1280. The molecule has 0 unspecified atom stereocenters. The molecular weight excluding hydrogens is 433 g/mol. The van der Waals surface area contributed by atoms with E-state index >= 15 is 0 Å². The fourth-order valence-corrected chi connectivity index (χ4v) is 4.30. The molecule has 0 spiro atoms. The van der Waals surface area contributed by atoms with Gasteiger partial charge in [0.2, 0.25) is 15.9 Å². The Morgan fingerprint density at radius 1 is 1.06 bits per heavy atom. The summed E-state index contributed by atoms with van der Waals surface area (Å²) >= 11 is 0. The van der Waals surface area contributed by atoms with Crippen LogP contribution in [0.1, 0.15) is 11.3 Å². The van der Waals surface area contributed by atoms with Crippen molar-refractivity contribution >= 4 is 27.3 Å². The van der Waals surface area contributed by atoms with Crippen molar-refractivity contribution in [1.82, 2.24) is 14.5 Å². The van der Waals surface area contributed by atoms with E-state index < -0.39 is 27.7 Å². The summed E-state index contributed by atoms with van der Waals surface area (Å²) in [6.07, 6.45) is -2.93. The predicted octanol–water partition coefficient (Wildman–Crippen LogP) is 3.23. The van der Waals surface area contributed by atoms with Crippen molar-refractivity contribution in [3.63, 3.8) is 0 Å². The summed E-state index contributed by atoms with van der Waals surface area (Å²) in [5, 5.41) is 4.30. The zero-order valence-corrected chi connectivity index (χ0v) is 17.3. The molecule has 0 aliphatic carbocycles. The number of rotatable bonds is 3. The van der Waals surface area contributed by atoms with E-state index in [2.05, 4.69) is 9.82 Å². The first-order chi connectivity index (χ1) is 14.5. The first-order valence-corrected chi connectivity index (χ1v) is 10.6. The van der Waals surface area contributed by atoms with Gasteiger partial charge in [-0.05, 0) is 49.5 Å². The maximum Gasteiger partial charge on any atom is 0.416 e. The van der Waals surface area contributed by atoms with Crippen LogP contribution in [-0.4, -0.2) is 31.2 Å². The van der Waals surface area contributed by atoms with Crippen LogP contribution in [0.25, 0.3) is 11.1 Å². The Hall–Kier alpha value is -3.18. The van der Waals surface area contributed by atoms with Gasteiger partial charge in [0.15, 0.2) is 0 Å². The van der Waals surface area contributed by atoms with Crippen LogP contribution in [0.3, 0.4) is 0 Å². The summed E-state index contributed by atoms with van der Waals surface area (Å²) in [6, 6.07) is 8.47. The number of carbonyl (C=O) groups is 1. The van der Waals surface area contributed by atoms with E-state index in [1.807, 2.05) is 0 Å². The molecule has 2 aromatic carbocycles. The quantitative estimate of drug-likeness (QED) is 0.664. The zero-order valence-electron chi connectivity index (χ0n) is 16.4. The lowest BCUT2D eigenvalue weighted by atomic mass is 10.0. The van der Waals surface area contributed by atoms with Crippen LogP contribution in [0.4, 0.5) is 24.5 Å². The van der Waals surface area contributed by atoms with Crippen molar-refractivity contribution in [1.29, 1.82) is 0 Å². The van der Waals surface area contributed by atoms with Gasteiger partial charge in [-0.25, -0.2) is 13.1 Å². The molecule has 31 heavy (non-hydrogen) atoms. The second kappa shape index (κ2) is 7.20. The number of amides is 1. The van der Waals surface area contributed by atoms with Crippen LogP contribution in [0, 0.1) is 0 Å². The Balaban J connectivity index is 1.92. The molecule has 4 rings (SSSR count). The van der Waals surface area contributed by atoms with Crippen LogP contribution in [0.2, 0.25) is 0 Å². The molecule has 1 aliphatic rings. The van der Waals surface area contributed by atoms with Gasteiger partial charge in [0.1, 0.15) is 0 Å². The van der Waals surface area contributed by atoms with E-state index in [9.17, 15) is 26.4 Å². The number of hydrogen-bond acceptors (Lipinski definition) is 4. The Kier molecular flexibility index (Phi) is 4.90. The minimum Gasteiger partial charge on any atom is -0.280 e. The SMILES string of the molecule is CNS(=O)(=O)c1ccc2c(c1)-c1cn(C)nc1CC(=O)N2c1ccc(C(F)(F)F)cc1. The van der Waals surface area contributed by atoms with Gasteiger partial charge in [-0.1, -0.05) is 0 Å². The number of anilines is 2. The standard InChI is InChI=1S/C20H17F3N4O3S/c1-24-31(29,30)14-7-8-18-15(9-14)16-11-26(2)25-17(16)10-19(28)27(18)13-5-3-12(4-6-13)20(21,22)23/h3-9,11,24H,10H2,1-2H3. The molecule has 0 atom stereocenters. The Morgan fingerprint density at radius 3 is 2.35 bits per heavy atom. The topological polar surface area (TPSA) is 84.3 Å². The van der Waals surface area contributed by atoms with Gasteiger partial charge in [-0.15, -0.1) is 0 Å². The van der Waals surface area contributed by atoms with E-state index in [-0.39, 0.29) is 17.0 Å². The number of nitrogens with zero attached hydrogens (tertiary/aromatic N) is 3. The summed E-state index contributed by atoms with van der Waals surface area (Å²) in [5.74, 6) is -0.400. The number of benzene rings is 2. The normalized spacial score (nSPS) is 14.2. The summed E-state index contributed by atoms with van der Waals surface area (Å²) in [6.45, 7) is 0. The van der Waals surface area contributed by atoms with Crippen molar-refractivity contribution < 1.29 is 26.4 Å². The molecule has 0 saturated carbocycles. The van der Waals surface area contributed by atoms with Crippen LogP contribution in [-0.2, 0) is 34.5 Å². The fraction of sp³-hybridized carbons (Fsp3) is 0.200. The van der Waals surface area contributed by atoms with Gasteiger partial charge < -0.3 is 0 Å². The van der Waals surface area contributed by atoms with Crippen LogP contribution < -0.4 is 9.62 Å². The molecule has 0 bridgehead atoms. The van der Waals surface area contributed by atoms with E-state index in [1.165, 1.54) is 47.0 Å². The molecule has 1 amide bonds. The van der Waals surface area contributed by atoms with Gasteiger partial charge >= 0.3 is 6.18 Å². The van der Waals surface area contributed by atoms with Crippen molar-refractivity contribution in [3.05, 3.63) is 59.9 Å². The molecular formula is C20H17F3N4O3S. The summed E-state index contributed by atoms with van der Waals surface area (Å²) in [5.41, 5.74) is 1.21. The van der Waals surface area contributed by atoms with Crippen molar-refractivity contribution in [2.45, 2.75) is 17.5 Å². The number of nitrogens with one attached hydrogen (secondary N) is 1. The van der Waals surface area contributed by atoms with E-state index in [1.54, 1.807) is 13.2 Å². The Labute approximate surface area is 176 Å². The molecule has 11 heteroatoms. The molecule has 0 fully saturated rings. The van der Waals surface area contributed by atoms with Gasteiger partial charge in [0.05, 0.1) is 28.3 Å². The van der Waals surface area contributed by atoms with Gasteiger partial charge in [0, 0.05) is 30.1 Å². The second-order valence-electron chi connectivity index (χ2n) is 7.00. The molecule has 0 radical (unpaired) electrons. The molecule has 1 aliphatic heterocycles. The van der Waals surface area contributed by atoms with Gasteiger partial charge in [-0.3, -0.25) is 14.4 Å². The highest BCUT2D eigenvalue weighted by Gasteiger charge is 2.33. The minimum atomic E-state index is -4.50. The molecule has 3 aromatic rings. The number of fused-ring (bicyclic) bond motifs is 3. The van der Waals surface area contributed by atoms with Crippen LogP contribution >= 0.6 is 0 Å². The van der Waals surface area contributed by atoms with E-state index in [0.29, 0.717) is 22.5 Å². The largest absolute Gasteiger partial charge is 0.416 e. The number of halogens is 3. The maximum absolute atomic E-state index is 13.1. The first kappa shape index (κ1) is 21.1. The summed E-state index contributed by atoms with van der Waals surface area (Å²) in [4.78, 5) is 14.4. The molecule has 1 aromatic heterocycles. The lowest BCUT2D eigenvalue weighted by Gasteiger charge is -2.24. The molecule has 2 heterocycles. The Morgan fingerprint density at radius 2 is 1.74 bits per heavy atom. The van der Waals surface area contributed by atoms with Gasteiger partial charge in [-0.2, -0.15) is 18.3 Å². The van der Waals surface area contributed by atoms with Crippen molar-refractivity contribution in [3.8, 4) is 11.1 Å². The highest BCUT2D eigenvalue weighted by atomic mass is 32.2. The number of hydrogen-bond donors (Lipinski definition) is 1.